The van der Waals surface area contributed by atoms with Gasteiger partial charge >= 0.3 is 0 Å². The maximum absolute atomic E-state index is 13.4. The van der Waals surface area contributed by atoms with E-state index in [1.54, 1.807) is 0 Å². The van der Waals surface area contributed by atoms with Gasteiger partial charge in [0.2, 0.25) is 5.91 Å². The first-order chi connectivity index (χ1) is 15.4. The molecule has 2 aromatic rings. The lowest BCUT2D eigenvalue weighted by Gasteiger charge is -2.41. The zero-order chi connectivity index (χ0) is 22.7. The SMILES string of the molecule is Cc1nn(C)c(C)c1CN1CCC2(CCCCc3ccccc3OC[C@@H](C)NC2=O)CC1. The Morgan fingerprint density at radius 3 is 2.62 bits per heavy atom. The quantitative estimate of drug-likeness (QED) is 0.772. The van der Waals surface area contributed by atoms with Crippen molar-refractivity contribution in [3.63, 3.8) is 0 Å². The molecule has 32 heavy (non-hydrogen) atoms. The summed E-state index contributed by atoms with van der Waals surface area (Å²) in [5.74, 6) is 1.18. The molecule has 6 heteroatoms. The number of aryl methyl sites for hydroxylation is 3. The highest BCUT2D eigenvalue weighted by Gasteiger charge is 2.41. The van der Waals surface area contributed by atoms with Crippen LogP contribution in [-0.2, 0) is 24.8 Å². The molecule has 2 aliphatic rings. The summed E-state index contributed by atoms with van der Waals surface area (Å²) < 4.78 is 8.04. The van der Waals surface area contributed by atoms with Crippen LogP contribution in [0.2, 0.25) is 0 Å². The molecule has 1 aromatic carbocycles. The molecule has 0 unspecified atom stereocenters. The molecule has 6 nitrogen and oxygen atoms in total. The number of hydrogen-bond donors (Lipinski definition) is 1. The van der Waals surface area contributed by atoms with Crippen molar-refractivity contribution in [2.45, 2.75) is 71.9 Å². The molecule has 0 radical (unpaired) electrons. The molecule has 1 N–H and O–H groups in total. The lowest BCUT2D eigenvalue weighted by atomic mass is 9.73. The Bertz CT molecular complexity index is 943. The molecule has 1 amide bonds. The monoisotopic (exact) mass is 438 g/mol. The highest BCUT2D eigenvalue weighted by atomic mass is 16.5. The van der Waals surface area contributed by atoms with Crippen LogP contribution in [0.3, 0.4) is 0 Å². The largest absolute Gasteiger partial charge is 0.491 e. The van der Waals surface area contributed by atoms with E-state index < -0.39 is 0 Å². The summed E-state index contributed by atoms with van der Waals surface area (Å²) in [7, 11) is 2.01. The molecule has 174 valence electrons. The van der Waals surface area contributed by atoms with Gasteiger partial charge < -0.3 is 10.1 Å². The van der Waals surface area contributed by atoms with Crippen LogP contribution in [0.15, 0.2) is 24.3 Å². The van der Waals surface area contributed by atoms with E-state index in [0.29, 0.717) is 6.61 Å². The second-order valence-corrected chi connectivity index (χ2v) is 9.83. The van der Waals surface area contributed by atoms with E-state index in [9.17, 15) is 4.79 Å². The average Bonchev–Trinajstić information content (AvgIpc) is 3.02. The van der Waals surface area contributed by atoms with Crippen LogP contribution in [0.1, 0.15) is 61.5 Å². The molecular formula is C26H38N4O2. The number of ether oxygens (including phenoxy) is 1. The predicted octanol–water partition coefficient (Wildman–Crippen LogP) is 3.93. The third-order valence-electron chi connectivity index (χ3n) is 7.53. The van der Waals surface area contributed by atoms with Crippen molar-refractivity contribution < 1.29 is 9.53 Å². The van der Waals surface area contributed by atoms with Gasteiger partial charge in [-0.15, -0.1) is 0 Å². The smallest absolute Gasteiger partial charge is 0.226 e. The minimum atomic E-state index is -0.261. The van der Waals surface area contributed by atoms with Crippen LogP contribution in [0, 0.1) is 19.3 Å². The van der Waals surface area contributed by atoms with Crippen LogP contribution in [0.5, 0.6) is 5.75 Å². The van der Waals surface area contributed by atoms with E-state index in [-0.39, 0.29) is 17.4 Å². The molecule has 2 aliphatic heterocycles. The number of fused-ring (bicyclic) bond motifs is 1. The van der Waals surface area contributed by atoms with Crippen molar-refractivity contribution in [3.05, 3.63) is 46.8 Å². The fourth-order valence-corrected chi connectivity index (χ4v) is 5.26. The van der Waals surface area contributed by atoms with Gasteiger partial charge in [-0.1, -0.05) is 24.6 Å². The Morgan fingerprint density at radius 1 is 1.16 bits per heavy atom. The van der Waals surface area contributed by atoms with Crippen molar-refractivity contribution in [2.24, 2.45) is 12.5 Å². The zero-order valence-electron chi connectivity index (χ0n) is 20.1. The second-order valence-electron chi connectivity index (χ2n) is 9.83. The Labute approximate surface area is 192 Å². The molecule has 1 atom stereocenters. The molecule has 1 saturated heterocycles. The van der Waals surface area contributed by atoms with Crippen LogP contribution in [-0.4, -0.2) is 46.3 Å². The molecule has 1 fully saturated rings. The Hall–Kier alpha value is -2.34. The van der Waals surface area contributed by atoms with E-state index in [2.05, 4.69) is 41.3 Å². The van der Waals surface area contributed by atoms with Gasteiger partial charge in [0, 0.05) is 24.8 Å². The highest BCUT2D eigenvalue weighted by Crippen LogP contribution is 2.38. The summed E-state index contributed by atoms with van der Waals surface area (Å²) >= 11 is 0. The van der Waals surface area contributed by atoms with Crippen LogP contribution in [0.4, 0.5) is 0 Å². The van der Waals surface area contributed by atoms with E-state index in [4.69, 9.17) is 4.74 Å². The number of benzene rings is 1. The topological polar surface area (TPSA) is 59.4 Å². The first-order valence-electron chi connectivity index (χ1n) is 12.1. The number of rotatable bonds is 2. The van der Waals surface area contributed by atoms with Crippen molar-refractivity contribution in [1.29, 1.82) is 0 Å². The van der Waals surface area contributed by atoms with Crippen molar-refractivity contribution in [1.82, 2.24) is 20.0 Å². The van der Waals surface area contributed by atoms with Crippen LogP contribution >= 0.6 is 0 Å². The minimum absolute atomic E-state index is 0.00872. The fourth-order valence-electron chi connectivity index (χ4n) is 5.26. The molecule has 1 spiro atoms. The Kier molecular flexibility index (Phi) is 6.89. The third kappa shape index (κ3) is 4.85. The summed E-state index contributed by atoms with van der Waals surface area (Å²) in [6.07, 6.45) is 5.96. The molecular weight excluding hydrogens is 400 g/mol. The van der Waals surface area contributed by atoms with Gasteiger partial charge in [-0.2, -0.15) is 5.10 Å². The minimum Gasteiger partial charge on any atom is -0.491 e. The van der Waals surface area contributed by atoms with Crippen LogP contribution in [0.25, 0.3) is 0 Å². The number of nitrogens with zero attached hydrogens (tertiary/aromatic N) is 3. The molecule has 0 bridgehead atoms. The maximum Gasteiger partial charge on any atom is 0.226 e. The summed E-state index contributed by atoms with van der Waals surface area (Å²) in [5.41, 5.74) is 4.69. The number of para-hydroxylation sites is 1. The number of piperidine rings is 1. The summed E-state index contributed by atoms with van der Waals surface area (Å²) in [6.45, 7) is 9.61. The van der Waals surface area contributed by atoms with E-state index in [0.717, 1.165) is 69.6 Å². The van der Waals surface area contributed by atoms with Gasteiger partial charge in [0.15, 0.2) is 0 Å². The van der Waals surface area contributed by atoms with Crippen LogP contribution < -0.4 is 10.1 Å². The predicted molar refractivity (Wildman–Crippen MR) is 127 cm³/mol. The zero-order valence-corrected chi connectivity index (χ0v) is 20.1. The van der Waals surface area contributed by atoms with Gasteiger partial charge in [0.25, 0.3) is 0 Å². The Morgan fingerprint density at radius 2 is 1.91 bits per heavy atom. The fraction of sp³-hybridized carbons (Fsp3) is 0.615. The molecule has 0 saturated carbocycles. The highest BCUT2D eigenvalue weighted by molar-refractivity contribution is 5.83. The molecule has 3 heterocycles. The number of aromatic nitrogens is 2. The van der Waals surface area contributed by atoms with E-state index in [1.807, 2.05) is 30.8 Å². The van der Waals surface area contributed by atoms with Crippen molar-refractivity contribution in [2.75, 3.05) is 19.7 Å². The second kappa shape index (κ2) is 9.65. The third-order valence-corrected chi connectivity index (χ3v) is 7.53. The number of amides is 1. The van der Waals surface area contributed by atoms with Crippen molar-refractivity contribution in [3.8, 4) is 5.75 Å². The first-order valence-corrected chi connectivity index (χ1v) is 12.1. The van der Waals surface area contributed by atoms with Crippen molar-refractivity contribution >= 4 is 5.91 Å². The standard InChI is InChI=1S/C26H38N4O2/c1-19-18-32-24-11-6-5-9-22(24)10-7-8-12-26(25(31)27-19)13-15-30(16-14-26)17-23-20(2)28-29(4)21(23)3/h5-6,9,11,19H,7-8,10,12-18H2,1-4H3,(H,27,31)/t19-/m1/s1. The lowest BCUT2D eigenvalue weighted by Crippen LogP contribution is -2.51. The van der Waals surface area contributed by atoms with Gasteiger partial charge in [-0.3, -0.25) is 14.4 Å². The summed E-state index contributed by atoms with van der Waals surface area (Å²) in [6, 6.07) is 8.30. The maximum atomic E-state index is 13.4. The summed E-state index contributed by atoms with van der Waals surface area (Å²) in [4.78, 5) is 15.9. The molecule has 1 aromatic heterocycles. The number of nitrogens with one attached hydrogen (secondary N) is 1. The number of carbonyl (C=O) groups is 1. The normalized spacial score (nSPS) is 22.4. The lowest BCUT2D eigenvalue weighted by molar-refractivity contribution is -0.135. The Balaban J connectivity index is 1.43. The molecule has 0 aliphatic carbocycles. The average molecular weight is 439 g/mol. The number of carbonyl (C=O) groups excluding carboxylic acids is 1. The van der Waals surface area contributed by atoms with E-state index >= 15 is 0 Å². The van der Waals surface area contributed by atoms with Gasteiger partial charge in [0.05, 0.1) is 17.2 Å². The van der Waals surface area contributed by atoms with E-state index in [1.165, 1.54) is 16.8 Å². The number of hydrogen-bond acceptors (Lipinski definition) is 4. The van der Waals surface area contributed by atoms with Gasteiger partial charge in [-0.25, -0.2) is 0 Å². The summed E-state index contributed by atoms with van der Waals surface area (Å²) in [5, 5.41) is 7.85. The van der Waals surface area contributed by atoms with Gasteiger partial charge in [0.1, 0.15) is 12.4 Å². The number of likely N-dealkylation sites (tertiary alicyclic amines) is 1. The first kappa shape index (κ1) is 22.8. The molecule has 4 rings (SSSR count). The van der Waals surface area contributed by atoms with Gasteiger partial charge in [-0.05, 0) is 77.6 Å².